The molecule has 30 heavy (non-hydrogen) atoms. The van der Waals surface area contributed by atoms with Crippen LogP contribution in [0.1, 0.15) is 12.7 Å². The third-order valence-electron chi connectivity index (χ3n) is 5.48. The number of anilines is 1. The van der Waals surface area contributed by atoms with E-state index < -0.39 is 10.0 Å². The third-order valence-corrected chi connectivity index (χ3v) is 7.34. The van der Waals surface area contributed by atoms with E-state index in [0.29, 0.717) is 44.1 Å². The number of hydrogen-bond donors (Lipinski definition) is 0. The van der Waals surface area contributed by atoms with E-state index in [2.05, 4.69) is 10.00 Å². The van der Waals surface area contributed by atoms with E-state index in [4.69, 9.17) is 4.74 Å². The summed E-state index contributed by atoms with van der Waals surface area (Å²) in [6, 6.07) is 9.18. The Morgan fingerprint density at radius 2 is 1.77 bits per heavy atom. The van der Waals surface area contributed by atoms with Crippen LogP contribution in [0.5, 0.6) is 5.75 Å². The molecule has 2 aromatic heterocycles. The largest absolute Gasteiger partial charge is 0.497 e. The Labute approximate surface area is 175 Å². The molecule has 0 aliphatic carbocycles. The summed E-state index contributed by atoms with van der Waals surface area (Å²) in [6.45, 7) is 5.92. The SMILES string of the molecule is CCn1nc(C)n2cc(S(=O)(=O)N3CCN(c4ccc(OC)cc4)CC3)cc2c1=O. The van der Waals surface area contributed by atoms with Crippen molar-refractivity contribution < 1.29 is 13.2 Å². The smallest absolute Gasteiger partial charge is 0.291 e. The van der Waals surface area contributed by atoms with Crippen LogP contribution in [0, 0.1) is 6.92 Å². The zero-order chi connectivity index (χ0) is 21.5. The normalized spacial score (nSPS) is 15.6. The Morgan fingerprint density at radius 3 is 2.37 bits per heavy atom. The number of rotatable bonds is 5. The number of fused-ring (bicyclic) bond motifs is 1. The van der Waals surface area contributed by atoms with Crippen LogP contribution >= 0.6 is 0 Å². The van der Waals surface area contributed by atoms with Gasteiger partial charge in [0.25, 0.3) is 5.56 Å². The molecule has 160 valence electrons. The highest BCUT2D eigenvalue weighted by Crippen LogP contribution is 2.24. The fraction of sp³-hybridized carbons (Fsp3) is 0.400. The number of hydrogen-bond acceptors (Lipinski definition) is 6. The maximum atomic E-state index is 13.2. The minimum Gasteiger partial charge on any atom is -0.497 e. The highest BCUT2D eigenvalue weighted by molar-refractivity contribution is 7.89. The quantitative estimate of drug-likeness (QED) is 0.606. The van der Waals surface area contributed by atoms with Crippen LogP contribution in [0.2, 0.25) is 0 Å². The summed E-state index contributed by atoms with van der Waals surface area (Å²) in [5, 5.41) is 4.23. The molecule has 1 aliphatic rings. The van der Waals surface area contributed by atoms with E-state index in [-0.39, 0.29) is 10.5 Å². The molecule has 0 radical (unpaired) electrons. The molecule has 0 saturated carbocycles. The Bertz CT molecular complexity index is 1220. The minimum atomic E-state index is -3.70. The average molecular weight is 432 g/mol. The predicted molar refractivity (Wildman–Crippen MR) is 114 cm³/mol. The summed E-state index contributed by atoms with van der Waals surface area (Å²) in [5.74, 6) is 1.35. The van der Waals surface area contributed by atoms with Crippen LogP contribution in [0.15, 0.2) is 46.2 Å². The Morgan fingerprint density at radius 1 is 1.10 bits per heavy atom. The lowest BCUT2D eigenvalue weighted by atomic mass is 10.2. The first kappa shape index (κ1) is 20.4. The lowest BCUT2D eigenvalue weighted by Gasteiger charge is -2.35. The van der Waals surface area contributed by atoms with Gasteiger partial charge >= 0.3 is 0 Å². The number of piperazine rings is 1. The van der Waals surface area contributed by atoms with Gasteiger partial charge in [0.15, 0.2) is 0 Å². The van der Waals surface area contributed by atoms with Crippen LogP contribution in [-0.2, 0) is 16.6 Å². The van der Waals surface area contributed by atoms with E-state index in [1.165, 1.54) is 21.3 Å². The predicted octanol–water partition coefficient (Wildman–Crippen LogP) is 1.34. The lowest BCUT2D eigenvalue weighted by Crippen LogP contribution is -2.48. The molecule has 1 aliphatic heterocycles. The van der Waals surface area contributed by atoms with Gasteiger partial charge < -0.3 is 9.64 Å². The second-order valence-corrected chi connectivity index (χ2v) is 9.13. The topological polar surface area (TPSA) is 89.2 Å². The first-order chi connectivity index (χ1) is 14.3. The molecular weight excluding hydrogens is 406 g/mol. The maximum absolute atomic E-state index is 13.2. The minimum absolute atomic E-state index is 0.122. The highest BCUT2D eigenvalue weighted by Gasteiger charge is 2.30. The maximum Gasteiger partial charge on any atom is 0.291 e. The van der Waals surface area contributed by atoms with Gasteiger partial charge in [0.2, 0.25) is 10.0 Å². The van der Waals surface area contributed by atoms with Gasteiger partial charge in [0.05, 0.1) is 7.11 Å². The van der Waals surface area contributed by atoms with Gasteiger partial charge in [-0.25, -0.2) is 13.1 Å². The number of sulfonamides is 1. The number of methoxy groups -OCH3 is 1. The Kier molecular flexibility index (Phi) is 5.29. The molecule has 0 unspecified atom stereocenters. The van der Waals surface area contributed by atoms with Crippen molar-refractivity contribution in [3.63, 3.8) is 0 Å². The molecule has 4 rings (SSSR count). The van der Waals surface area contributed by atoms with Gasteiger partial charge in [-0.05, 0) is 44.2 Å². The van der Waals surface area contributed by atoms with Crippen molar-refractivity contribution in [2.45, 2.75) is 25.3 Å². The number of benzene rings is 1. The molecule has 1 fully saturated rings. The van der Waals surface area contributed by atoms with Crippen molar-refractivity contribution in [1.29, 1.82) is 0 Å². The average Bonchev–Trinajstić information content (AvgIpc) is 3.24. The molecule has 0 N–H and O–H groups in total. The molecule has 0 amide bonds. The van der Waals surface area contributed by atoms with Crippen molar-refractivity contribution in [1.82, 2.24) is 18.5 Å². The first-order valence-electron chi connectivity index (χ1n) is 9.84. The van der Waals surface area contributed by atoms with E-state index in [0.717, 1.165) is 11.4 Å². The van der Waals surface area contributed by atoms with Gasteiger partial charge in [-0.1, -0.05) is 0 Å². The number of aryl methyl sites for hydroxylation is 2. The monoisotopic (exact) mass is 431 g/mol. The molecule has 0 atom stereocenters. The fourth-order valence-electron chi connectivity index (χ4n) is 3.76. The lowest BCUT2D eigenvalue weighted by molar-refractivity contribution is 0.384. The van der Waals surface area contributed by atoms with Gasteiger partial charge in [-0.15, -0.1) is 0 Å². The molecule has 1 saturated heterocycles. The van der Waals surface area contributed by atoms with E-state index >= 15 is 0 Å². The van der Waals surface area contributed by atoms with Crippen LogP contribution in [0.4, 0.5) is 5.69 Å². The van der Waals surface area contributed by atoms with Crippen molar-refractivity contribution in [3.8, 4) is 5.75 Å². The van der Waals surface area contributed by atoms with Crippen LogP contribution in [-0.4, -0.2) is 60.2 Å². The van der Waals surface area contributed by atoms with Crippen molar-refractivity contribution in [3.05, 3.63) is 52.7 Å². The van der Waals surface area contributed by atoms with Gasteiger partial charge in [0.1, 0.15) is 22.0 Å². The summed E-state index contributed by atoms with van der Waals surface area (Å²) in [4.78, 5) is 14.8. The summed E-state index contributed by atoms with van der Waals surface area (Å²) >= 11 is 0. The molecular formula is C20H25N5O4S. The Hall–Kier alpha value is -2.85. The van der Waals surface area contributed by atoms with Crippen molar-refractivity contribution in [2.24, 2.45) is 0 Å². The molecule has 3 heterocycles. The van der Waals surface area contributed by atoms with Gasteiger partial charge in [0, 0.05) is 44.6 Å². The van der Waals surface area contributed by atoms with Crippen LogP contribution in [0.3, 0.4) is 0 Å². The zero-order valence-corrected chi connectivity index (χ0v) is 18.1. The van der Waals surface area contributed by atoms with E-state index in [9.17, 15) is 13.2 Å². The summed E-state index contributed by atoms with van der Waals surface area (Å²) in [6.07, 6.45) is 1.49. The van der Waals surface area contributed by atoms with Gasteiger partial charge in [-0.3, -0.25) is 9.20 Å². The Balaban J connectivity index is 1.56. The summed E-state index contributed by atoms with van der Waals surface area (Å²) in [7, 11) is -2.08. The second-order valence-electron chi connectivity index (χ2n) is 7.19. The van der Waals surface area contributed by atoms with Crippen molar-refractivity contribution >= 4 is 21.2 Å². The standard InChI is InChI=1S/C20H25N5O4S/c1-4-25-20(26)19-13-18(14-24(19)15(2)21-25)30(27,28)23-11-9-22(10-12-23)16-5-7-17(29-3)8-6-16/h5-8,13-14H,4,9-12H2,1-3H3. The molecule has 3 aromatic rings. The van der Waals surface area contributed by atoms with Crippen LogP contribution in [0.25, 0.3) is 5.52 Å². The molecule has 0 bridgehead atoms. The second kappa shape index (κ2) is 7.77. The molecule has 9 nitrogen and oxygen atoms in total. The fourth-order valence-corrected chi connectivity index (χ4v) is 5.20. The van der Waals surface area contributed by atoms with Crippen molar-refractivity contribution in [2.75, 3.05) is 38.2 Å². The first-order valence-corrected chi connectivity index (χ1v) is 11.3. The van der Waals surface area contributed by atoms with Gasteiger partial charge in [-0.2, -0.15) is 9.40 Å². The highest BCUT2D eigenvalue weighted by atomic mass is 32.2. The van der Waals surface area contributed by atoms with Crippen LogP contribution < -0.4 is 15.2 Å². The van der Waals surface area contributed by atoms with E-state index in [1.807, 2.05) is 31.2 Å². The molecule has 10 heteroatoms. The van der Waals surface area contributed by atoms with E-state index in [1.54, 1.807) is 18.4 Å². The number of nitrogens with zero attached hydrogens (tertiary/aromatic N) is 5. The number of aromatic nitrogens is 3. The zero-order valence-electron chi connectivity index (χ0n) is 17.3. The molecule has 0 spiro atoms. The summed E-state index contributed by atoms with van der Waals surface area (Å²) in [5.41, 5.74) is 1.05. The third kappa shape index (κ3) is 3.46. The summed E-state index contributed by atoms with van der Waals surface area (Å²) < 4.78 is 36.0. The molecule has 1 aromatic carbocycles. The number of ether oxygens (including phenoxy) is 1.